The first-order valence-electron chi connectivity index (χ1n) is 7.19. The Labute approximate surface area is 119 Å². The quantitative estimate of drug-likeness (QED) is 0.671. The maximum atomic E-state index is 11.7. The number of hydrogen-bond acceptors (Lipinski definition) is 3. The average molecular weight is 280 g/mol. The fourth-order valence-electron chi connectivity index (χ4n) is 1.74. The van der Waals surface area contributed by atoms with Crippen LogP contribution in [0.3, 0.4) is 0 Å². The van der Waals surface area contributed by atoms with E-state index in [0.29, 0.717) is 12.2 Å². The Kier molecular flexibility index (Phi) is 6.76. The summed E-state index contributed by atoms with van der Waals surface area (Å²) in [5, 5.41) is 5.30. The summed E-state index contributed by atoms with van der Waals surface area (Å²) in [5.74, 6) is 0.321. The van der Waals surface area contributed by atoms with Crippen molar-refractivity contribution in [3.8, 4) is 0 Å². The number of carbonyl (C=O) groups excluding carboxylic acids is 1. The Balaban J connectivity index is 2.47. The number of aromatic nitrogens is 2. The molecule has 1 rings (SSSR count). The standard InChI is InChI=1S/C14H24N4O2/c1-4-5-6-7-8-15-14(20)18-13-16-11(10(2)3)9-12(19)17-13/h9-10H,4-8H2,1-3H3,(H3,15,16,17,18,19,20). The number of urea groups is 1. The van der Waals surface area contributed by atoms with E-state index in [-0.39, 0.29) is 23.5 Å². The number of hydrogen-bond donors (Lipinski definition) is 3. The highest BCUT2D eigenvalue weighted by molar-refractivity contribution is 5.87. The lowest BCUT2D eigenvalue weighted by Crippen LogP contribution is -2.31. The van der Waals surface area contributed by atoms with Gasteiger partial charge in [-0.2, -0.15) is 0 Å². The van der Waals surface area contributed by atoms with E-state index in [1.807, 2.05) is 13.8 Å². The smallest absolute Gasteiger partial charge is 0.321 e. The largest absolute Gasteiger partial charge is 0.338 e. The molecule has 6 heteroatoms. The molecule has 1 aromatic rings. The van der Waals surface area contributed by atoms with Crippen LogP contribution < -0.4 is 16.2 Å². The molecule has 0 aromatic carbocycles. The number of aromatic amines is 1. The van der Waals surface area contributed by atoms with Crippen LogP contribution in [0.25, 0.3) is 0 Å². The summed E-state index contributed by atoms with van der Waals surface area (Å²) in [5.41, 5.74) is 0.397. The fourth-order valence-corrected chi connectivity index (χ4v) is 1.74. The fraction of sp³-hybridized carbons (Fsp3) is 0.643. The first-order chi connectivity index (χ1) is 9.52. The summed E-state index contributed by atoms with van der Waals surface area (Å²) in [6.45, 7) is 6.66. The molecule has 0 aliphatic heterocycles. The number of nitrogens with zero attached hydrogens (tertiary/aromatic N) is 1. The van der Waals surface area contributed by atoms with Crippen molar-refractivity contribution < 1.29 is 4.79 Å². The first-order valence-corrected chi connectivity index (χ1v) is 7.19. The minimum atomic E-state index is -0.342. The summed E-state index contributed by atoms with van der Waals surface area (Å²) in [4.78, 5) is 29.8. The number of rotatable bonds is 7. The van der Waals surface area contributed by atoms with Gasteiger partial charge in [-0.05, 0) is 12.3 Å². The molecule has 1 aromatic heterocycles. The van der Waals surface area contributed by atoms with Gasteiger partial charge in [0.2, 0.25) is 5.95 Å². The van der Waals surface area contributed by atoms with Crippen molar-refractivity contribution in [2.24, 2.45) is 0 Å². The lowest BCUT2D eigenvalue weighted by molar-refractivity contribution is 0.251. The van der Waals surface area contributed by atoms with Crippen molar-refractivity contribution in [1.82, 2.24) is 15.3 Å². The van der Waals surface area contributed by atoms with Crippen LogP contribution in [0.15, 0.2) is 10.9 Å². The molecule has 0 aliphatic rings. The molecule has 0 fully saturated rings. The van der Waals surface area contributed by atoms with Crippen LogP contribution in [-0.4, -0.2) is 22.5 Å². The number of H-pyrrole nitrogens is 1. The highest BCUT2D eigenvalue weighted by Crippen LogP contribution is 2.09. The van der Waals surface area contributed by atoms with Gasteiger partial charge in [-0.3, -0.25) is 15.1 Å². The van der Waals surface area contributed by atoms with Crippen molar-refractivity contribution in [3.63, 3.8) is 0 Å². The van der Waals surface area contributed by atoms with Gasteiger partial charge in [0, 0.05) is 12.6 Å². The topological polar surface area (TPSA) is 86.9 Å². The van der Waals surface area contributed by atoms with Gasteiger partial charge in [0.1, 0.15) is 0 Å². The van der Waals surface area contributed by atoms with Crippen LogP contribution in [0.5, 0.6) is 0 Å². The zero-order chi connectivity index (χ0) is 15.0. The molecule has 0 aliphatic carbocycles. The van der Waals surface area contributed by atoms with Gasteiger partial charge in [0.05, 0.1) is 5.69 Å². The molecular formula is C14H24N4O2. The summed E-state index contributed by atoms with van der Waals surface area (Å²) in [6.07, 6.45) is 4.40. The Morgan fingerprint density at radius 3 is 2.75 bits per heavy atom. The molecule has 3 N–H and O–H groups in total. The summed E-state index contributed by atoms with van der Waals surface area (Å²) >= 11 is 0. The number of nitrogens with one attached hydrogen (secondary N) is 3. The van der Waals surface area contributed by atoms with Crippen LogP contribution in [0.2, 0.25) is 0 Å². The highest BCUT2D eigenvalue weighted by Gasteiger charge is 2.07. The number of unbranched alkanes of at least 4 members (excludes halogenated alkanes) is 3. The van der Waals surface area contributed by atoms with Gasteiger partial charge < -0.3 is 5.32 Å². The van der Waals surface area contributed by atoms with Crippen LogP contribution in [0.4, 0.5) is 10.7 Å². The van der Waals surface area contributed by atoms with E-state index < -0.39 is 0 Å². The highest BCUT2D eigenvalue weighted by atomic mass is 16.2. The van der Waals surface area contributed by atoms with Crippen molar-refractivity contribution in [2.75, 3.05) is 11.9 Å². The summed E-state index contributed by atoms with van der Waals surface area (Å²) < 4.78 is 0. The Morgan fingerprint density at radius 2 is 2.10 bits per heavy atom. The lowest BCUT2D eigenvalue weighted by Gasteiger charge is -2.09. The van der Waals surface area contributed by atoms with Crippen molar-refractivity contribution in [1.29, 1.82) is 0 Å². The molecule has 0 atom stereocenters. The molecule has 0 bridgehead atoms. The van der Waals surface area contributed by atoms with E-state index >= 15 is 0 Å². The van der Waals surface area contributed by atoms with E-state index in [1.165, 1.54) is 18.9 Å². The van der Waals surface area contributed by atoms with Crippen LogP contribution in [0, 0.1) is 0 Å². The van der Waals surface area contributed by atoms with E-state index in [4.69, 9.17) is 0 Å². The molecule has 0 saturated heterocycles. The van der Waals surface area contributed by atoms with Gasteiger partial charge in [-0.1, -0.05) is 40.0 Å². The minimum absolute atomic E-state index is 0.134. The molecule has 112 valence electrons. The van der Waals surface area contributed by atoms with Crippen LogP contribution >= 0.6 is 0 Å². The van der Waals surface area contributed by atoms with E-state index in [9.17, 15) is 9.59 Å². The average Bonchev–Trinajstić information content (AvgIpc) is 2.37. The monoisotopic (exact) mass is 280 g/mol. The Bertz CT molecular complexity index is 482. The third-order valence-electron chi connectivity index (χ3n) is 2.90. The predicted molar refractivity (Wildman–Crippen MR) is 80.1 cm³/mol. The van der Waals surface area contributed by atoms with Gasteiger partial charge in [0.25, 0.3) is 5.56 Å². The van der Waals surface area contributed by atoms with Gasteiger partial charge >= 0.3 is 6.03 Å². The third kappa shape index (κ3) is 5.86. The van der Waals surface area contributed by atoms with Crippen LogP contribution in [0.1, 0.15) is 58.1 Å². The third-order valence-corrected chi connectivity index (χ3v) is 2.90. The second-order valence-electron chi connectivity index (χ2n) is 5.12. The van der Waals surface area contributed by atoms with Crippen molar-refractivity contribution in [3.05, 3.63) is 22.1 Å². The molecule has 0 spiro atoms. The predicted octanol–water partition coefficient (Wildman–Crippen LogP) is 2.60. The normalized spacial score (nSPS) is 10.6. The molecule has 20 heavy (non-hydrogen) atoms. The number of anilines is 1. The van der Waals surface area contributed by atoms with Gasteiger partial charge in [0.15, 0.2) is 0 Å². The minimum Gasteiger partial charge on any atom is -0.338 e. The second kappa shape index (κ2) is 8.35. The number of carbonyl (C=O) groups is 1. The second-order valence-corrected chi connectivity index (χ2v) is 5.12. The van der Waals surface area contributed by atoms with Gasteiger partial charge in [-0.25, -0.2) is 9.78 Å². The molecule has 0 unspecified atom stereocenters. The maximum Gasteiger partial charge on any atom is 0.321 e. The molecule has 2 amide bonds. The lowest BCUT2D eigenvalue weighted by atomic mass is 10.1. The van der Waals surface area contributed by atoms with E-state index in [0.717, 1.165) is 12.8 Å². The zero-order valence-corrected chi connectivity index (χ0v) is 12.5. The number of amides is 2. The molecular weight excluding hydrogens is 256 g/mol. The SMILES string of the molecule is CCCCCCNC(=O)Nc1nc(C(C)C)cc(=O)[nH]1. The zero-order valence-electron chi connectivity index (χ0n) is 12.5. The summed E-state index contributed by atoms with van der Waals surface area (Å²) in [6, 6.07) is 1.10. The van der Waals surface area contributed by atoms with E-state index in [1.54, 1.807) is 0 Å². The van der Waals surface area contributed by atoms with Crippen LogP contribution in [-0.2, 0) is 0 Å². The Hall–Kier alpha value is -1.85. The molecule has 0 radical (unpaired) electrons. The van der Waals surface area contributed by atoms with Gasteiger partial charge in [-0.15, -0.1) is 0 Å². The van der Waals surface area contributed by atoms with E-state index in [2.05, 4.69) is 27.5 Å². The van der Waals surface area contributed by atoms with Crippen molar-refractivity contribution in [2.45, 2.75) is 52.4 Å². The Morgan fingerprint density at radius 1 is 1.35 bits per heavy atom. The molecule has 6 nitrogen and oxygen atoms in total. The molecule has 0 saturated carbocycles. The first kappa shape index (κ1) is 16.2. The molecule has 1 heterocycles. The maximum absolute atomic E-state index is 11.7. The summed E-state index contributed by atoms with van der Waals surface area (Å²) in [7, 11) is 0. The van der Waals surface area contributed by atoms with Crippen molar-refractivity contribution >= 4 is 12.0 Å².